The van der Waals surface area contributed by atoms with Gasteiger partial charge in [-0.15, -0.1) is 0 Å². The molecule has 1 amide bonds. The van der Waals surface area contributed by atoms with E-state index in [1.807, 2.05) is 24.3 Å². The molecule has 4 heteroatoms. The van der Waals surface area contributed by atoms with Crippen molar-refractivity contribution in [3.05, 3.63) is 29.8 Å². The van der Waals surface area contributed by atoms with Crippen molar-refractivity contribution in [2.45, 2.75) is 38.5 Å². The SMILES string of the molecule is COc1ccc(CCNC(=O)C(=O)CC2CCCC2)cc1. The summed E-state index contributed by atoms with van der Waals surface area (Å²) in [5.41, 5.74) is 1.11. The minimum Gasteiger partial charge on any atom is -0.497 e. The van der Waals surface area contributed by atoms with Gasteiger partial charge in [-0.1, -0.05) is 37.8 Å². The summed E-state index contributed by atoms with van der Waals surface area (Å²) in [6.07, 6.45) is 5.69. The zero-order valence-corrected chi connectivity index (χ0v) is 12.6. The zero-order chi connectivity index (χ0) is 15.1. The Hall–Kier alpha value is -1.84. The lowest BCUT2D eigenvalue weighted by atomic mass is 10.0. The molecule has 21 heavy (non-hydrogen) atoms. The number of amides is 1. The standard InChI is InChI=1S/C17H23NO3/c1-21-15-8-6-13(7-9-15)10-11-18-17(20)16(19)12-14-4-2-3-5-14/h6-9,14H,2-5,10-12H2,1H3,(H,18,20). The quantitative estimate of drug-likeness (QED) is 0.785. The molecule has 0 saturated heterocycles. The van der Waals surface area contributed by atoms with Crippen LogP contribution in [0.25, 0.3) is 0 Å². The number of methoxy groups -OCH3 is 1. The molecule has 0 spiro atoms. The fourth-order valence-electron chi connectivity index (χ4n) is 2.78. The van der Waals surface area contributed by atoms with Gasteiger partial charge in [-0.25, -0.2) is 0 Å². The van der Waals surface area contributed by atoms with E-state index in [1.165, 1.54) is 12.8 Å². The molecule has 1 aliphatic carbocycles. The van der Waals surface area contributed by atoms with Gasteiger partial charge in [-0.05, 0) is 30.0 Å². The molecule has 114 valence electrons. The van der Waals surface area contributed by atoms with Crippen LogP contribution in [-0.4, -0.2) is 25.3 Å². The summed E-state index contributed by atoms with van der Waals surface area (Å²) in [6, 6.07) is 7.71. The Morgan fingerprint density at radius 1 is 1.19 bits per heavy atom. The second-order valence-corrected chi connectivity index (χ2v) is 5.63. The van der Waals surface area contributed by atoms with E-state index in [0.717, 1.165) is 24.2 Å². The summed E-state index contributed by atoms with van der Waals surface area (Å²) in [5, 5.41) is 2.71. The average Bonchev–Trinajstić information content (AvgIpc) is 3.00. The van der Waals surface area contributed by atoms with Crippen molar-refractivity contribution in [3.63, 3.8) is 0 Å². The van der Waals surface area contributed by atoms with Crippen molar-refractivity contribution in [1.29, 1.82) is 0 Å². The number of hydrogen-bond donors (Lipinski definition) is 1. The van der Waals surface area contributed by atoms with Crippen molar-refractivity contribution < 1.29 is 14.3 Å². The van der Waals surface area contributed by atoms with E-state index < -0.39 is 5.91 Å². The Labute approximate surface area is 125 Å². The molecule has 0 aromatic heterocycles. The summed E-state index contributed by atoms with van der Waals surface area (Å²) >= 11 is 0. The van der Waals surface area contributed by atoms with Gasteiger partial charge in [-0.2, -0.15) is 0 Å². The third kappa shape index (κ3) is 4.88. The molecule has 2 rings (SSSR count). The van der Waals surface area contributed by atoms with Crippen molar-refractivity contribution in [3.8, 4) is 5.75 Å². The molecular weight excluding hydrogens is 266 g/mol. The van der Waals surface area contributed by atoms with Crippen LogP contribution in [0.2, 0.25) is 0 Å². The lowest BCUT2D eigenvalue weighted by molar-refractivity contribution is -0.138. The van der Waals surface area contributed by atoms with Crippen LogP contribution < -0.4 is 10.1 Å². The lowest BCUT2D eigenvalue weighted by Crippen LogP contribution is -2.33. The molecule has 0 aliphatic heterocycles. The van der Waals surface area contributed by atoms with Gasteiger partial charge >= 0.3 is 0 Å². The Kier molecular flexibility index (Phi) is 5.78. The molecule has 0 unspecified atom stereocenters. The van der Waals surface area contributed by atoms with Crippen LogP contribution in [0.3, 0.4) is 0 Å². The van der Waals surface area contributed by atoms with E-state index >= 15 is 0 Å². The van der Waals surface area contributed by atoms with Crippen LogP contribution in [0.15, 0.2) is 24.3 Å². The Balaban J connectivity index is 1.69. The summed E-state index contributed by atoms with van der Waals surface area (Å²) in [5.74, 6) is 0.534. The third-order valence-electron chi connectivity index (χ3n) is 4.06. The van der Waals surface area contributed by atoms with Gasteiger partial charge in [0.15, 0.2) is 0 Å². The molecule has 1 fully saturated rings. The van der Waals surface area contributed by atoms with Crippen LogP contribution in [0, 0.1) is 5.92 Å². The molecule has 4 nitrogen and oxygen atoms in total. The maximum Gasteiger partial charge on any atom is 0.287 e. The van der Waals surface area contributed by atoms with E-state index in [-0.39, 0.29) is 5.78 Å². The van der Waals surface area contributed by atoms with Gasteiger partial charge in [-0.3, -0.25) is 9.59 Å². The second kappa shape index (κ2) is 7.81. The number of ether oxygens (including phenoxy) is 1. The highest BCUT2D eigenvalue weighted by molar-refractivity contribution is 6.36. The first-order valence-corrected chi connectivity index (χ1v) is 7.63. The first kappa shape index (κ1) is 15.5. The van der Waals surface area contributed by atoms with Crippen LogP contribution in [-0.2, 0) is 16.0 Å². The predicted octanol–water partition coefficient (Wildman–Crippen LogP) is 2.50. The van der Waals surface area contributed by atoms with Crippen LogP contribution >= 0.6 is 0 Å². The van der Waals surface area contributed by atoms with E-state index in [9.17, 15) is 9.59 Å². The number of ketones is 1. The fourth-order valence-corrected chi connectivity index (χ4v) is 2.78. The average molecular weight is 289 g/mol. The first-order valence-electron chi connectivity index (χ1n) is 7.63. The molecule has 1 N–H and O–H groups in total. The zero-order valence-electron chi connectivity index (χ0n) is 12.6. The van der Waals surface area contributed by atoms with Crippen LogP contribution in [0.1, 0.15) is 37.7 Å². The summed E-state index contributed by atoms with van der Waals surface area (Å²) < 4.78 is 5.09. The number of Topliss-reactive ketones (excluding diaryl/α,β-unsaturated/α-hetero) is 1. The molecule has 0 bridgehead atoms. The third-order valence-corrected chi connectivity index (χ3v) is 4.06. The number of benzene rings is 1. The lowest BCUT2D eigenvalue weighted by Gasteiger charge is -2.08. The molecule has 0 radical (unpaired) electrons. The van der Waals surface area contributed by atoms with Crippen molar-refractivity contribution >= 4 is 11.7 Å². The molecular formula is C17H23NO3. The maximum absolute atomic E-state index is 11.8. The van der Waals surface area contributed by atoms with E-state index in [1.54, 1.807) is 7.11 Å². The summed E-state index contributed by atoms with van der Waals surface area (Å²) in [4.78, 5) is 23.5. The van der Waals surface area contributed by atoms with Gasteiger partial charge in [0.1, 0.15) is 5.75 Å². The van der Waals surface area contributed by atoms with Gasteiger partial charge in [0.05, 0.1) is 7.11 Å². The van der Waals surface area contributed by atoms with Crippen LogP contribution in [0.4, 0.5) is 0 Å². The molecule has 1 aromatic rings. The molecule has 1 aliphatic rings. The number of rotatable bonds is 7. The van der Waals surface area contributed by atoms with Gasteiger partial charge in [0.25, 0.3) is 5.91 Å². The number of carbonyl (C=O) groups excluding carboxylic acids is 2. The number of nitrogens with one attached hydrogen (secondary N) is 1. The Bertz CT molecular complexity index is 475. The first-order chi connectivity index (χ1) is 10.2. The summed E-state index contributed by atoms with van der Waals surface area (Å²) in [7, 11) is 1.63. The van der Waals surface area contributed by atoms with Crippen molar-refractivity contribution in [1.82, 2.24) is 5.32 Å². The summed E-state index contributed by atoms with van der Waals surface area (Å²) in [6.45, 7) is 0.488. The smallest absolute Gasteiger partial charge is 0.287 e. The number of carbonyl (C=O) groups is 2. The predicted molar refractivity (Wildman–Crippen MR) is 81.3 cm³/mol. The minimum absolute atomic E-state index is 0.267. The molecule has 1 saturated carbocycles. The Morgan fingerprint density at radius 3 is 2.48 bits per heavy atom. The largest absolute Gasteiger partial charge is 0.497 e. The molecule has 0 atom stereocenters. The van der Waals surface area contributed by atoms with E-state index in [4.69, 9.17) is 4.74 Å². The van der Waals surface area contributed by atoms with Crippen molar-refractivity contribution in [2.24, 2.45) is 5.92 Å². The highest BCUT2D eigenvalue weighted by Crippen LogP contribution is 2.27. The highest BCUT2D eigenvalue weighted by atomic mass is 16.5. The number of hydrogen-bond acceptors (Lipinski definition) is 3. The minimum atomic E-state index is -0.435. The van der Waals surface area contributed by atoms with E-state index in [0.29, 0.717) is 25.3 Å². The van der Waals surface area contributed by atoms with Gasteiger partial charge in [0.2, 0.25) is 5.78 Å². The second-order valence-electron chi connectivity index (χ2n) is 5.63. The molecule has 0 heterocycles. The normalized spacial score (nSPS) is 14.9. The maximum atomic E-state index is 11.8. The Morgan fingerprint density at radius 2 is 1.86 bits per heavy atom. The molecule has 1 aromatic carbocycles. The highest BCUT2D eigenvalue weighted by Gasteiger charge is 2.22. The fraction of sp³-hybridized carbons (Fsp3) is 0.529. The van der Waals surface area contributed by atoms with E-state index in [2.05, 4.69) is 5.32 Å². The van der Waals surface area contributed by atoms with Crippen molar-refractivity contribution in [2.75, 3.05) is 13.7 Å². The van der Waals surface area contributed by atoms with Gasteiger partial charge in [0, 0.05) is 13.0 Å². The monoisotopic (exact) mass is 289 g/mol. The topological polar surface area (TPSA) is 55.4 Å². The van der Waals surface area contributed by atoms with Gasteiger partial charge < -0.3 is 10.1 Å². The van der Waals surface area contributed by atoms with Crippen LogP contribution in [0.5, 0.6) is 5.75 Å².